The second-order valence-electron chi connectivity index (χ2n) is 3.13. The normalized spacial score (nSPS) is 17.2. The Bertz CT molecular complexity index is 331. The van der Waals surface area contributed by atoms with Crippen molar-refractivity contribution in [2.45, 2.75) is 13.0 Å². The lowest BCUT2D eigenvalue weighted by atomic mass is 10.1. The summed E-state index contributed by atoms with van der Waals surface area (Å²) in [7, 11) is 0. The first-order valence-corrected chi connectivity index (χ1v) is 4.94. The number of carbonyl (C=O) groups is 1. The first-order chi connectivity index (χ1) is 6.18. The molecular weight excluding hydrogens is 188 g/mol. The molecule has 1 aliphatic heterocycles. The number of rotatable bonds is 1. The third kappa shape index (κ3) is 1.45. The average Bonchev–Trinajstić information content (AvgIpc) is 2.44. The molecule has 2 rings (SSSR count). The number of carbonyl (C=O) groups excluding carboxylic acids is 1. The van der Waals surface area contributed by atoms with Gasteiger partial charge in [0, 0.05) is 13.1 Å². The van der Waals surface area contributed by atoms with Crippen LogP contribution in [0.5, 0.6) is 0 Å². The Morgan fingerprint density at radius 3 is 2.92 bits per heavy atom. The maximum Gasteiger partial charge on any atom is 0.266 e. The summed E-state index contributed by atoms with van der Waals surface area (Å²) in [6, 6.07) is 0. The van der Waals surface area contributed by atoms with Crippen molar-refractivity contribution < 1.29 is 9.90 Å². The first-order valence-electron chi connectivity index (χ1n) is 4.06. The SMILES string of the molecule is Cc1ncsc1C(=O)N1CC(O)C1. The van der Waals surface area contributed by atoms with Gasteiger partial charge < -0.3 is 10.0 Å². The number of amides is 1. The molecule has 5 heteroatoms. The van der Waals surface area contributed by atoms with E-state index in [4.69, 9.17) is 5.11 Å². The van der Waals surface area contributed by atoms with Crippen LogP contribution in [0.1, 0.15) is 15.4 Å². The molecular formula is C8H10N2O2S. The van der Waals surface area contributed by atoms with Crippen LogP contribution in [0.4, 0.5) is 0 Å². The smallest absolute Gasteiger partial charge is 0.266 e. The number of hydrogen-bond acceptors (Lipinski definition) is 4. The van der Waals surface area contributed by atoms with Crippen LogP contribution in [0.2, 0.25) is 0 Å². The van der Waals surface area contributed by atoms with Crippen molar-refractivity contribution >= 4 is 17.2 Å². The number of aliphatic hydroxyl groups excluding tert-OH is 1. The summed E-state index contributed by atoms with van der Waals surface area (Å²) in [5, 5.41) is 9.03. The quantitative estimate of drug-likeness (QED) is 0.704. The van der Waals surface area contributed by atoms with E-state index >= 15 is 0 Å². The fraction of sp³-hybridized carbons (Fsp3) is 0.500. The molecule has 1 saturated heterocycles. The Morgan fingerprint density at radius 1 is 1.77 bits per heavy atom. The van der Waals surface area contributed by atoms with Crippen LogP contribution >= 0.6 is 11.3 Å². The number of aliphatic hydroxyl groups is 1. The molecule has 0 saturated carbocycles. The number of hydrogen-bond donors (Lipinski definition) is 1. The third-order valence-corrected chi connectivity index (χ3v) is 3.01. The Kier molecular flexibility index (Phi) is 2.05. The van der Waals surface area contributed by atoms with Crippen LogP contribution in [0.25, 0.3) is 0 Å². The lowest BCUT2D eigenvalue weighted by molar-refractivity contribution is 0.00616. The van der Waals surface area contributed by atoms with Crippen LogP contribution < -0.4 is 0 Å². The van der Waals surface area contributed by atoms with E-state index in [0.717, 1.165) is 5.69 Å². The molecule has 0 aromatic carbocycles. The molecule has 0 atom stereocenters. The van der Waals surface area contributed by atoms with Gasteiger partial charge in [-0.15, -0.1) is 11.3 Å². The van der Waals surface area contributed by atoms with Crippen molar-refractivity contribution in [3.63, 3.8) is 0 Å². The van der Waals surface area contributed by atoms with E-state index in [0.29, 0.717) is 18.0 Å². The van der Waals surface area contributed by atoms with Gasteiger partial charge in [-0.3, -0.25) is 4.79 Å². The summed E-state index contributed by atoms with van der Waals surface area (Å²) in [4.78, 5) is 18.0. The van der Waals surface area contributed by atoms with Gasteiger partial charge >= 0.3 is 0 Å². The van der Waals surface area contributed by atoms with Crippen molar-refractivity contribution in [2.24, 2.45) is 0 Å². The van der Waals surface area contributed by atoms with Crippen LogP contribution in [-0.2, 0) is 0 Å². The molecule has 4 nitrogen and oxygen atoms in total. The molecule has 1 N–H and O–H groups in total. The molecule has 13 heavy (non-hydrogen) atoms. The van der Waals surface area contributed by atoms with Gasteiger partial charge in [-0.05, 0) is 6.92 Å². The van der Waals surface area contributed by atoms with Gasteiger partial charge in [0.25, 0.3) is 5.91 Å². The van der Waals surface area contributed by atoms with Crippen LogP contribution in [0.3, 0.4) is 0 Å². The molecule has 1 aromatic rings. The predicted molar refractivity (Wildman–Crippen MR) is 48.8 cm³/mol. The first kappa shape index (κ1) is 8.65. The summed E-state index contributed by atoms with van der Waals surface area (Å²) in [6.07, 6.45) is -0.336. The minimum absolute atomic E-state index is 0.00898. The van der Waals surface area contributed by atoms with E-state index in [-0.39, 0.29) is 12.0 Å². The molecule has 0 aliphatic carbocycles. The average molecular weight is 198 g/mol. The standard InChI is InChI=1S/C8H10N2O2S/c1-5-7(13-4-9-5)8(12)10-2-6(11)3-10/h4,6,11H,2-3H2,1H3. The van der Waals surface area contributed by atoms with Crippen molar-refractivity contribution in [3.8, 4) is 0 Å². The predicted octanol–water partition coefficient (Wildman–Crippen LogP) is 0.268. The minimum atomic E-state index is -0.336. The molecule has 0 radical (unpaired) electrons. The molecule has 70 valence electrons. The summed E-state index contributed by atoms with van der Waals surface area (Å²) in [5.74, 6) is -0.00898. The van der Waals surface area contributed by atoms with Crippen molar-refractivity contribution in [1.29, 1.82) is 0 Å². The summed E-state index contributed by atoms with van der Waals surface area (Å²) < 4.78 is 0. The highest BCUT2D eigenvalue weighted by molar-refractivity contribution is 7.11. The Hall–Kier alpha value is -0.940. The van der Waals surface area contributed by atoms with Crippen LogP contribution in [0, 0.1) is 6.92 Å². The van der Waals surface area contributed by atoms with E-state index in [9.17, 15) is 4.79 Å². The van der Waals surface area contributed by atoms with Gasteiger partial charge in [0.05, 0.1) is 17.3 Å². The molecule has 1 aromatic heterocycles. The number of nitrogens with zero attached hydrogens (tertiary/aromatic N) is 2. The van der Waals surface area contributed by atoms with Crippen LogP contribution in [0.15, 0.2) is 5.51 Å². The monoisotopic (exact) mass is 198 g/mol. The van der Waals surface area contributed by atoms with Crippen molar-refractivity contribution in [2.75, 3.05) is 13.1 Å². The van der Waals surface area contributed by atoms with E-state index in [1.807, 2.05) is 6.92 Å². The Balaban J connectivity index is 2.10. The highest BCUT2D eigenvalue weighted by Crippen LogP contribution is 2.18. The molecule has 2 heterocycles. The van der Waals surface area contributed by atoms with E-state index in [1.165, 1.54) is 11.3 Å². The van der Waals surface area contributed by atoms with E-state index in [2.05, 4.69) is 4.98 Å². The molecule has 1 aliphatic rings. The van der Waals surface area contributed by atoms with Crippen molar-refractivity contribution in [3.05, 3.63) is 16.1 Å². The molecule has 0 bridgehead atoms. The largest absolute Gasteiger partial charge is 0.389 e. The van der Waals surface area contributed by atoms with Crippen LogP contribution in [-0.4, -0.2) is 40.1 Å². The highest BCUT2D eigenvalue weighted by atomic mass is 32.1. The fourth-order valence-corrected chi connectivity index (χ4v) is 2.04. The summed E-state index contributed by atoms with van der Waals surface area (Å²) in [5.41, 5.74) is 2.44. The molecule has 1 amide bonds. The highest BCUT2D eigenvalue weighted by Gasteiger charge is 2.30. The van der Waals surface area contributed by atoms with Gasteiger partial charge in [-0.1, -0.05) is 0 Å². The topological polar surface area (TPSA) is 53.4 Å². The number of β-amino-alcohol motifs (C(OH)–C–C–N with tert-alkyl or cyclic N) is 1. The second kappa shape index (κ2) is 3.08. The number of likely N-dealkylation sites (tertiary alicyclic amines) is 1. The Morgan fingerprint density at radius 2 is 2.46 bits per heavy atom. The zero-order valence-corrected chi connectivity index (χ0v) is 8.04. The maximum atomic E-state index is 11.6. The van der Waals surface area contributed by atoms with Gasteiger partial charge in [0.15, 0.2) is 0 Å². The third-order valence-electron chi connectivity index (χ3n) is 2.09. The number of aromatic nitrogens is 1. The zero-order valence-electron chi connectivity index (χ0n) is 7.23. The lowest BCUT2D eigenvalue weighted by Crippen LogP contribution is -2.53. The molecule has 0 spiro atoms. The van der Waals surface area contributed by atoms with E-state index in [1.54, 1.807) is 10.4 Å². The maximum absolute atomic E-state index is 11.6. The summed E-state index contributed by atoms with van der Waals surface area (Å²) >= 11 is 1.35. The van der Waals surface area contributed by atoms with Gasteiger partial charge in [-0.2, -0.15) is 0 Å². The number of thiazole rings is 1. The Labute approximate surface area is 79.8 Å². The van der Waals surface area contributed by atoms with E-state index < -0.39 is 0 Å². The molecule has 0 unspecified atom stereocenters. The van der Waals surface area contributed by atoms with Gasteiger partial charge in [-0.25, -0.2) is 4.98 Å². The molecule has 1 fully saturated rings. The summed E-state index contributed by atoms with van der Waals surface area (Å²) in [6.45, 7) is 2.73. The lowest BCUT2D eigenvalue weighted by Gasteiger charge is -2.35. The second-order valence-corrected chi connectivity index (χ2v) is 3.99. The van der Waals surface area contributed by atoms with Gasteiger partial charge in [0.1, 0.15) is 4.88 Å². The fourth-order valence-electron chi connectivity index (χ4n) is 1.27. The number of aryl methyl sites for hydroxylation is 1. The minimum Gasteiger partial charge on any atom is -0.389 e. The zero-order chi connectivity index (χ0) is 9.42. The van der Waals surface area contributed by atoms with Gasteiger partial charge in [0.2, 0.25) is 0 Å². The van der Waals surface area contributed by atoms with Crippen molar-refractivity contribution in [1.82, 2.24) is 9.88 Å².